The van der Waals surface area contributed by atoms with Crippen molar-refractivity contribution in [2.45, 2.75) is 26.7 Å². The van der Waals surface area contributed by atoms with Crippen LogP contribution in [0.2, 0.25) is 0 Å². The van der Waals surface area contributed by atoms with Gasteiger partial charge in [0.1, 0.15) is 4.64 Å². The van der Waals surface area contributed by atoms with Gasteiger partial charge in [-0.2, -0.15) is 0 Å². The molecule has 0 aliphatic carbocycles. The van der Waals surface area contributed by atoms with Gasteiger partial charge in [-0.25, -0.2) is 4.79 Å². The molecule has 0 unspecified atom stereocenters. The van der Waals surface area contributed by atoms with Crippen molar-refractivity contribution in [3.05, 3.63) is 39.5 Å². The number of rotatable bonds is 3. The number of hydrogen-bond acceptors (Lipinski definition) is 2. The molecule has 1 aromatic heterocycles. The highest BCUT2D eigenvalue weighted by Gasteiger charge is 2.09. The standard InChI is InChI=1S/C14H15NO2S/c1-3-4-10-8(2)11-7-9(14(16)17)5-6-12(11)15-13(10)18/h5-7H,3-4H2,1-2H3,(H,15,18)(H,16,17). The van der Waals surface area contributed by atoms with E-state index in [2.05, 4.69) is 11.9 Å². The number of aromatic amines is 1. The van der Waals surface area contributed by atoms with Gasteiger partial charge in [0, 0.05) is 10.9 Å². The molecule has 4 heteroatoms. The van der Waals surface area contributed by atoms with Gasteiger partial charge in [-0.05, 0) is 42.7 Å². The molecule has 0 atom stereocenters. The van der Waals surface area contributed by atoms with Crippen LogP contribution < -0.4 is 0 Å². The Balaban J connectivity index is 2.76. The number of pyridine rings is 1. The molecule has 0 bridgehead atoms. The number of carbonyl (C=O) groups is 1. The van der Waals surface area contributed by atoms with Crippen molar-refractivity contribution in [1.29, 1.82) is 0 Å². The van der Waals surface area contributed by atoms with Crippen LogP contribution in [0.15, 0.2) is 18.2 Å². The molecular formula is C14H15NO2S. The third kappa shape index (κ3) is 2.16. The number of aromatic carboxylic acids is 1. The van der Waals surface area contributed by atoms with Gasteiger partial charge in [-0.15, -0.1) is 0 Å². The van der Waals surface area contributed by atoms with Gasteiger partial charge in [-0.1, -0.05) is 25.6 Å². The number of nitrogens with one attached hydrogen (secondary N) is 1. The molecule has 2 aromatic rings. The molecule has 0 saturated heterocycles. The lowest BCUT2D eigenvalue weighted by molar-refractivity contribution is 0.0697. The Morgan fingerprint density at radius 3 is 2.78 bits per heavy atom. The average molecular weight is 261 g/mol. The Kier molecular flexibility index (Phi) is 3.48. The average Bonchev–Trinajstić information content (AvgIpc) is 2.34. The maximum Gasteiger partial charge on any atom is 0.335 e. The summed E-state index contributed by atoms with van der Waals surface area (Å²) >= 11 is 5.34. The van der Waals surface area contributed by atoms with E-state index in [-0.39, 0.29) is 0 Å². The highest BCUT2D eigenvalue weighted by atomic mass is 32.1. The zero-order chi connectivity index (χ0) is 13.3. The Hall–Kier alpha value is -1.68. The van der Waals surface area contributed by atoms with Crippen molar-refractivity contribution < 1.29 is 9.90 Å². The Bertz CT molecular complexity index is 673. The number of benzene rings is 1. The molecule has 0 radical (unpaired) electrons. The van der Waals surface area contributed by atoms with E-state index >= 15 is 0 Å². The summed E-state index contributed by atoms with van der Waals surface area (Å²) in [7, 11) is 0. The van der Waals surface area contributed by atoms with E-state index < -0.39 is 5.97 Å². The first-order chi connectivity index (χ1) is 8.54. The van der Waals surface area contributed by atoms with Gasteiger partial charge in [0.05, 0.1) is 5.56 Å². The quantitative estimate of drug-likeness (QED) is 0.825. The van der Waals surface area contributed by atoms with E-state index in [1.807, 2.05) is 6.92 Å². The third-order valence-electron chi connectivity index (χ3n) is 3.15. The molecular weight excluding hydrogens is 246 g/mol. The van der Waals surface area contributed by atoms with Crippen molar-refractivity contribution in [3.63, 3.8) is 0 Å². The fourth-order valence-corrected chi connectivity index (χ4v) is 2.54. The van der Waals surface area contributed by atoms with Gasteiger partial charge in [0.2, 0.25) is 0 Å². The van der Waals surface area contributed by atoms with Crippen LogP contribution in [0.4, 0.5) is 0 Å². The molecule has 2 N–H and O–H groups in total. The first-order valence-electron chi connectivity index (χ1n) is 5.93. The maximum atomic E-state index is 11.0. The van der Waals surface area contributed by atoms with Crippen LogP contribution in [0, 0.1) is 11.6 Å². The zero-order valence-electron chi connectivity index (χ0n) is 10.4. The molecule has 94 valence electrons. The summed E-state index contributed by atoms with van der Waals surface area (Å²) < 4.78 is 0.755. The van der Waals surface area contributed by atoms with Crippen molar-refractivity contribution in [3.8, 4) is 0 Å². The molecule has 0 amide bonds. The molecule has 1 heterocycles. The van der Waals surface area contributed by atoms with Crippen LogP contribution in [0.5, 0.6) is 0 Å². The lowest BCUT2D eigenvalue weighted by Gasteiger charge is -2.10. The van der Waals surface area contributed by atoms with Gasteiger partial charge in [0.15, 0.2) is 0 Å². The molecule has 0 saturated carbocycles. The lowest BCUT2D eigenvalue weighted by atomic mass is 10.0. The number of H-pyrrole nitrogens is 1. The number of hydrogen-bond donors (Lipinski definition) is 2. The monoisotopic (exact) mass is 261 g/mol. The smallest absolute Gasteiger partial charge is 0.335 e. The van der Waals surface area contributed by atoms with E-state index in [4.69, 9.17) is 17.3 Å². The molecule has 0 spiro atoms. The minimum Gasteiger partial charge on any atom is -0.478 e. The van der Waals surface area contributed by atoms with Gasteiger partial charge in [0.25, 0.3) is 0 Å². The van der Waals surface area contributed by atoms with E-state index in [1.165, 1.54) is 0 Å². The highest BCUT2D eigenvalue weighted by Crippen LogP contribution is 2.23. The first-order valence-corrected chi connectivity index (χ1v) is 6.34. The van der Waals surface area contributed by atoms with E-state index in [1.54, 1.807) is 18.2 Å². The van der Waals surface area contributed by atoms with Crippen molar-refractivity contribution in [1.82, 2.24) is 4.98 Å². The lowest BCUT2D eigenvalue weighted by Crippen LogP contribution is -1.99. The van der Waals surface area contributed by atoms with Crippen molar-refractivity contribution in [2.75, 3.05) is 0 Å². The van der Waals surface area contributed by atoms with Gasteiger partial charge >= 0.3 is 5.97 Å². The molecule has 1 aromatic carbocycles. The van der Waals surface area contributed by atoms with Crippen molar-refractivity contribution in [2.24, 2.45) is 0 Å². The molecule has 18 heavy (non-hydrogen) atoms. The number of fused-ring (bicyclic) bond motifs is 1. The second kappa shape index (κ2) is 4.90. The Morgan fingerprint density at radius 1 is 1.44 bits per heavy atom. The second-order valence-corrected chi connectivity index (χ2v) is 4.78. The predicted molar refractivity (Wildman–Crippen MR) is 74.8 cm³/mol. The SMILES string of the molecule is CCCc1c(C)c2cc(C(=O)O)ccc2[nH]c1=S. The number of aryl methyl sites for hydroxylation is 1. The highest BCUT2D eigenvalue weighted by molar-refractivity contribution is 7.71. The summed E-state index contributed by atoms with van der Waals surface area (Å²) in [6.45, 7) is 4.11. The normalized spacial score (nSPS) is 10.8. The van der Waals surface area contributed by atoms with Crippen LogP contribution in [0.3, 0.4) is 0 Å². The van der Waals surface area contributed by atoms with Crippen LogP contribution in [0.1, 0.15) is 34.8 Å². The van der Waals surface area contributed by atoms with Gasteiger partial charge < -0.3 is 10.1 Å². The molecule has 0 aliphatic rings. The summed E-state index contributed by atoms with van der Waals surface area (Å²) in [5, 5.41) is 9.97. The predicted octanol–water partition coefficient (Wildman–Crippen LogP) is 3.86. The van der Waals surface area contributed by atoms with Crippen LogP contribution in [-0.2, 0) is 6.42 Å². The molecule has 3 nitrogen and oxygen atoms in total. The largest absolute Gasteiger partial charge is 0.478 e. The minimum absolute atomic E-state index is 0.304. The van der Waals surface area contributed by atoms with Crippen LogP contribution in [-0.4, -0.2) is 16.1 Å². The second-order valence-electron chi connectivity index (χ2n) is 4.37. The van der Waals surface area contributed by atoms with E-state index in [0.29, 0.717) is 5.56 Å². The molecule has 0 aliphatic heterocycles. The van der Waals surface area contributed by atoms with Crippen molar-refractivity contribution >= 4 is 29.1 Å². The van der Waals surface area contributed by atoms with E-state index in [9.17, 15) is 4.79 Å². The summed E-state index contributed by atoms with van der Waals surface area (Å²) in [5.74, 6) is -0.907. The third-order valence-corrected chi connectivity index (χ3v) is 3.49. The van der Waals surface area contributed by atoms with Crippen LogP contribution >= 0.6 is 12.2 Å². The van der Waals surface area contributed by atoms with Gasteiger partial charge in [-0.3, -0.25) is 0 Å². The first kappa shape index (κ1) is 12.8. The topological polar surface area (TPSA) is 53.1 Å². The Morgan fingerprint density at radius 2 is 2.17 bits per heavy atom. The Labute approximate surface area is 110 Å². The van der Waals surface area contributed by atoms with Crippen LogP contribution in [0.25, 0.3) is 10.9 Å². The number of carboxylic acid groups (broad SMARTS) is 1. The summed E-state index contributed by atoms with van der Waals surface area (Å²) in [5.41, 5.74) is 3.39. The fourth-order valence-electron chi connectivity index (χ4n) is 2.18. The fraction of sp³-hybridized carbons (Fsp3) is 0.286. The summed E-state index contributed by atoms with van der Waals surface area (Å²) in [4.78, 5) is 14.2. The number of aromatic nitrogens is 1. The van der Waals surface area contributed by atoms with E-state index in [0.717, 1.165) is 39.5 Å². The maximum absolute atomic E-state index is 11.0. The summed E-state index contributed by atoms with van der Waals surface area (Å²) in [6.07, 6.45) is 1.93. The zero-order valence-corrected chi connectivity index (χ0v) is 11.2. The number of carboxylic acids is 1. The molecule has 0 fully saturated rings. The summed E-state index contributed by atoms with van der Waals surface area (Å²) in [6, 6.07) is 5.07. The molecule has 2 rings (SSSR count). The minimum atomic E-state index is -0.907.